The summed E-state index contributed by atoms with van der Waals surface area (Å²) in [5.74, 6) is 0.753. The topological polar surface area (TPSA) is 32.3 Å². The molecular weight excluding hydrogens is 224 g/mol. The molecule has 4 heteroatoms. The minimum absolute atomic E-state index is 0. The van der Waals surface area contributed by atoms with Gasteiger partial charge in [-0.1, -0.05) is 19.3 Å². The van der Waals surface area contributed by atoms with Crippen molar-refractivity contribution in [3.05, 3.63) is 0 Å². The van der Waals surface area contributed by atoms with E-state index in [4.69, 9.17) is 0 Å². The molecule has 1 saturated carbocycles. The highest BCUT2D eigenvalue weighted by molar-refractivity contribution is 5.85. The van der Waals surface area contributed by atoms with Crippen LogP contribution in [0.25, 0.3) is 0 Å². The molecule has 94 valence electrons. The zero-order chi connectivity index (χ0) is 10.7. The lowest BCUT2D eigenvalue weighted by molar-refractivity contribution is -0.139. The van der Waals surface area contributed by atoms with E-state index in [-0.39, 0.29) is 12.4 Å². The summed E-state index contributed by atoms with van der Waals surface area (Å²) < 4.78 is 0. The molecule has 0 bridgehead atoms. The van der Waals surface area contributed by atoms with E-state index in [0.29, 0.717) is 17.9 Å². The summed E-state index contributed by atoms with van der Waals surface area (Å²) in [6.07, 6.45) is 6.06. The number of nitrogens with one attached hydrogen (secondary N) is 1. The monoisotopic (exact) mass is 246 g/mol. The second-order valence-corrected chi connectivity index (χ2v) is 4.92. The Morgan fingerprint density at radius 2 is 1.94 bits per heavy atom. The summed E-state index contributed by atoms with van der Waals surface area (Å²) in [6.45, 7) is 4.96. The molecule has 1 amide bonds. The lowest BCUT2D eigenvalue weighted by atomic mass is 9.88. The van der Waals surface area contributed by atoms with Crippen molar-refractivity contribution in [2.45, 2.75) is 45.1 Å². The van der Waals surface area contributed by atoms with Crippen LogP contribution < -0.4 is 5.32 Å². The Morgan fingerprint density at radius 3 is 2.56 bits per heavy atom. The molecule has 16 heavy (non-hydrogen) atoms. The first kappa shape index (κ1) is 13.8. The molecule has 0 aromatic rings. The number of piperazine rings is 1. The van der Waals surface area contributed by atoms with Crippen LogP contribution in [-0.4, -0.2) is 36.5 Å². The molecule has 1 N–H and O–H groups in total. The van der Waals surface area contributed by atoms with Gasteiger partial charge in [-0.15, -0.1) is 12.4 Å². The summed E-state index contributed by atoms with van der Waals surface area (Å²) in [7, 11) is 0. The molecular formula is C12H23ClN2O. The quantitative estimate of drug-likeness (QED) is 0.766. The van der Waals surface area contributed by atoms with Crippen LogP contribution in [-0.2, 0) is 4.79 Å². The van der Waals surface area contributed by atoms with Gasteiger partial charge in [0, 0.05) is 31.6 Å². The van der Waals surface area contributed by atoms with Crippen molar-refractivity contribution in [2.75, 3.05) is 19.6 Å². The van der Waals surface area contributed by atoms with Crippen molar-refractivity contribution < 1.29 is 4.79 Å². The predicted octanol–water partition coefficient (Wildman–Crippen LogP) is 1.81. The van der Waals surface area contributed by atoms with Gasteiger partial charge in [-0.05, 0) is 19.8 Å². The Balaban J connectivity index is 0.00000128. The Morgan fingerprint density at radius 1 is 1.25 bits per heavy atom. The zero-order valence-electron chi connectivity index (χ0n) is 10.1. The van der Waals surface area contributed by atoms with E-state index in [1.54, 1.807) is 0 Å². The Bertz CT molecular complexity index is 229. The smallest absolute Gasteiger partial charge is 0.226 e. The largest absolute Gasteiger partial charge is 0.337 e. The molecule has 0 aromatic heterocycles. The predicted molar refractivity (Wildman–Crippen MR) is 67.9 cm³/mol. The van der Waals surface area contributed by atoms with Gasteiger partial charge in [0.2, 0.25) is 5.91 Å². The number of halogens is 1. The average molecular weight is 247 g/mol. The number of amides is 1. The summed E-state index contributed by atoms with van der Waals surface area (Å²) >= 11 is 0. The van der Waals surface area contributed by atoms with Crippen LogP contribution in [0.15, 0.2) is 0 Å². The standard InChI is InChI=1S/C12H22N2O.ClH/c1-10-9-13-7-8-14(10)12(15)11-5-3-2-4-6-11;/h10-11,13H,2-9H2,1H3;1H. The highest BCUT2D eigenvalue weighted by atomic mass is 35.5. The molecule has 2 aliphatic rings. The van der Waals surface area contributed by atoms with Gasteiger partial charge in [0.1, 0.15) is 0 Å². The third-order valence-electron chi connectivity index (χ3n) is 3.74. The Kier molecular flexibility index (Phi) is 5.56. The van der Waals surface area contributed by atoms with Crippen molar-refractivity contribution >= 4 is 18.3 Å². The first-order chi connectivity index (χ1) is 7.29. The minimum Gasteiger partial charge on any atom is -0.337 e. The van der Waals surface area contributed by atoms with Gasteiger partial charge in [-0.2, -0.15) is 0 Å². The second kappa shape index (κ2) is 6.45. The molecule has 1 aliphatic heterocycles. The summed E-state index contributed by atoms with van der Waals surface area (Å²) in [4.78, 5) is 14.4. The number of nitrogens with zero attached hydrogens (tertiary/aromatic N) is 1. The highest BCUT2D eigenvalue weighted by Crippen LogP contribution is 2.26. The van der Waals surface area contributed by atoms with Gasteiger partial charge in [0.25, 0.3) is 0 Å². The van der Waals surface area contributed by atoms with Crippen LogP contribution in [0.2, 0.25) is 0 Å². The highest BCUT2D eigenvalue weighted by Gasteiger charge is 2.29. The van der Waals surface area contributed by atoms with Crippen LogP contribution in [0, 0.1) is 5.92 Å². The van der Waals surface area contributed by atoms with E-state index >= 15 is 0 Å². The fraction of sp³-hybridized carbons (Fsp3) is 0.917. The number of carbonyl (C=O) groups is 1. The third kappa shape index (κ3) is 3.11. The summed E-state index contributed by atoms with van der Waals surface area (Å²) in [5.41, 5.74) is 0. The van der Waals surface area contributed by atoms with Crippen molar-refractivity contribution in [1.82, 2.24) is 10.2 Å². The first-order valence-electron chi connectivity index (χ1n) is 6.30. The number of rotatable bonds is 1. The van der Waals surface area contributed by atoms with E-state index in [9.17, 15) is 4.79 Å². The molecule has 2 rings (SSSR count). The number of hydrogen-bond donors (Lipinski definition) is 1. The minimum atomic E-state index is 0. The SMILES string of the molecule is CC1CNCCN1C(=O)C1CCCCC1.Cl. The van der Waals surface area contributed by atoms with Gasteiger partial charge >= 0.3 is 0 Å². The summed E-state index contributed by atoms with van der Waals surface area (Å²) in [6, 6.07) is 0.383. The summed E-state index contributed by atoms with van der Waals surface area (Å²) in [5, 5.41) is 3.33. The molecule has 0 aromatic carbocycles. The zero-order valence-corrected chi connectivity index (χ0v) is 10.9. The van der Waals surface area contributed by atoms with Crippen molar-refractivity contribution in [2.24, 2.45) is 5.92 Å². The molecule has 1 atom stereocenters. The van der Waals surface area contributed by atoms with Crippen LogP contribution in [0.4, 0.5) is 0 Å². The molecule has 1 saturated heterocycles. The lowest BCUT2D eigenvalue weighted by Crippen LogP contribution is -2.54. The van der Waals surface area contributed by atoms with Crippen molar-refractivity contribution in [3.63, 3.8) is 0 Å². The van der Waals surface area contributed by atoms with Crippen LogP contribution in [0.5, 0.6) is 0 Å². The van der Waals surface area contributed by atoms with Gasteiger partial charge < -0.3 is 10.2 Å². The number of hydrogen-bond acceptors (Lipinski definition) is 2. The molecule has 0 radical (unpaired) electrons. The van der Waals surface area contributed by atoms with E-state index < -0.39 is 0 Å². The first-order valence-corrected chi connectivity index (χ1v) is 6.30. The maximum atomic E-state index is 12.3. The Labute approximate surface area is 104 Å². The Hall–Kier alpha value is -0.280. The van der Waals surface area contributed by atoms with Crippen LogP contribution in [0.3, 0.4) is 0 Å². The van der Waals surface area contributed by atoms with Gasteiger partial charge in [0.15, 0.2) is 0 Å². The number of carbonyl (C=O) groups excluding carboxylic acids is 1. The van der Waals surface area contributed by atoms with E-state index in [0.717, 1.165) is 32.5 Å². The maximum Gasteiger partial charge on any atom is 0.226 e. The normalized spacial score (nSPS) is 27.3. The van der Waals surface area contributed by atoms with Gasteiger partial charge in [-0.3, -0.25) is 4.79 Å². The van der Waals surface area contributed by atoms with Crippen LogP contribution >= 0.6 is 12.4 Å². The molecule has 2 fully saturated rings. The van der Waals surface area contributed by atoms with E-state index in [1.165, 1.54) is 19.3 Å². The average Bonchev–Trinajstić information content (AvgIpc) is 2.30. The second-order valence-electron chi connectivity index (χ2n) is 4.92. The van der Waals surface area contributed by atoms with E-state index in [1.807, 2.05) is 0 Å². The molecule has 0 spiro atoms. The lowest BCUT2D eigenvalue weighted by Gasteiger charge is -2.37. The maximum absolute atomic E-state index is 12.3. The van der Waals surface area contributed by atoms with Crippen LogP contribution in [0.1, 0.15) is 39.0 Å². The molecule has 3 nitrogen and oxygen atoms in total. The van der Waals surface area contributed by atoms with Crippen molar-refractivity contribution in [1.29, 1.82) is 0 Å². The fourth-order valence-corrected chi connectivity index (χ4v) is 2.75. The third-order valence-corrected chi connectivity index (χ3v) is 3.74. The van der Waals surface area contributed by atoms with E-state index in [2.05, 4.69) is 17.1 Å². The fourth-order valence-electron chi connectivity index (χ4n) is 2.75. The molecule has 1 aliphatic carbocycles. The molecule has 1 heterocycles. The van der Waals surface area contributed by atoms with Gasteiger partial charge in [0.05, 0.1) is 0 Å². The van der Waals surface area contributed by atoms with Gasteiger partial charge in [-0.25, -0.2) is 0 Å². The van der Waals surface area contributed by atoms with Crippen molar-refractivity contribution in [3.8, 4) is 0 Å². The molecule has 1 unspecified atom stereocenters.